The summed E-state index contributed by atoms with van der Waals surface area (Å²) in [7, 11) is 0. The molecule has 1 heterocycles. The number of anilines is 2. The zero-order chi connectivity index (χ0) is 23.3. The van der Waals surface area contributed by atoms with E-state index in [-0.39, 0.29) is 11.8 Å². The largest absolute Gasteiger partial charge is 0.493 e. The highest BCUT2D eigenvalue weighted by atomic mass is 35.5. The molecule has 0 amide bonds. The Morgan fingerprint density at radius 3 is 2.44 bits per heavy atom. The Bertz CT molecular complexity index is 1070. The number of halogens is 2. The highest BCUT2D eigenvalue weighted by Crippen LogP contribution is 2.37. The lowest BCUT2D eigenvalue weighted by atomic mass is 10.0. The fraction of sp³-hybridized carbons (Fsp3) is 0.333. The molecule has 0 saturated carbocycles. The third-order valence-corrected chi connectivity index (χ3v) is 6.10. The van der Waals surface area contributed by atoms with Crippen molar-refractivity contribution in [1.82, 2.24) is 15.3 Å². The van der Waals surface area contributed by atoms with E-state index in [1.165, 1.54) is 0 Å². The standard InChI is InChI=1S/C24H29Cl2N5O/c1-14(13-32-22-15(2)6-4-7-16(22)3)10-11-29-12-19-20(23(27)31-24(28)30-19)17-8-5-9-18(25)21(17)26/h4-9,14,29H,10-13H2,1-3H3,(H4,27,28,30,31). The molecule has 0 bridgehead atoms. The highest BCUT2D eigenvalue weighted by molar-refractivity contribution is 6.43. The number of nitrogen functional groups attached to an aromatic ring is 2. The summed E-state index contributed by atoms with van der Waals surface area (Å²) in [6, 6.07) is 11.6. The second-order valence-corrected chi connectivity index (χ2v) is 8.78. The molecular weight excluding hydrogens is 445 g/mol. The molecule has 0 aliphatic heterocycles. The number of rotatable bonds is 9. The van der Waals surface area contributed by atoms with Gasteiger partial charge in [0.15, 0.2) is 0 Å². The van der Waals surface area contributed by atoms with Gasteiger partial charge in [-0.3, -0.25) is 0 Å². The lowest BCUT2D eigenvalue weighted by molar-refractivity contribution is 0.248. The van der Waals surface area contributed by atoms with Crippen LogP contribution in [0.25, 0.3) is 11.1 Å². The van der Waals surface area contributed by atoms with Crippen LogP contribution in [0.1, 0.15) is 30.2 Å². The molecule has 3 aromatic rings. The number of nitrogens with one attached hydrogen (secondary N) is 1. The van der Waals surface area contributed by atoms with Crippen LogP contribution in [0.15, 0.2) is 36.4 Å². The van der Waals surface area contributed by atoms with E-state index < -0.39 is 0 Å². The van der Waals surface area contributed by atoms with Gasteiger partial charge in [-0.05, 0) is 49.9 Å². The van der Waals surface area contributed by atoms with Gasteiger partial charge in [0, 0.05) is 17.7 Å². The number of nitrogens with zero attached hydrogens (tertiary/aromatic N) is 2. The third kappa shape index (κ3) is 5.82. The average molecular weight is 474 g/mol. The van der Waals surface area contributed by atoms with E-state index >= 15 is 0 Å². The van der Waals surface area contributed by atoms with Gasteiger partial charge in [-0.1, -0.05) is 60.5 Å². The molecule has 8 heteroatoms. The quantitative estimate of drug-likeness (QED) is 0.358. The van der Waals surface area contributed by atoms with Gasteiger partial charge in [0.2, 0.25) is 5.95 Å². The van der Waals surface area contributed by atoms with Crippen LogP contribution in [-0.2, 0) is 6.54 Å². The van der Waals surface area contributed by atoms with Crippen molar-refractivity contribution >= 4 is 35.0 Å². The van der Waals surface area contributed by atoms with Gasteiger partial charge in [0.1, 0.15) is 11.6 Å². The molecule has 0 aliphatic rings. The van der Waals surface area contributed by atoms with Gasteiger partial charge < -0.3 is 21.5 Å². The van der Waals surface area contributed by atoms with E-state index in [0.717, 1.165) is 29.8 Å². The zero-order valence-electron chi connectivity index (χ0n) is 18.6. The Balaban J connectivity index is 1.61. The minimum atomic E-state index is 0.122. The number of hydrogen-bond donors (Lipinski definition) is 3. The number of aryl methyl sites for hydroxylation is 2. The maximum Gasteiger partial charge on any atom is 0.222 e. The van der Waals surface area contributed by atoms with Crippen LogP contribution in [0.5, 0.6) is 5.75 Å². The second kappa shape index (κ2) is 10.9. The maximum absolute atomic E-state index is 6.41. The number of aromatic nitrogens is 2. The molecule has 0 radical (unpaired) electrons. The smallest absolute Gasteiger partial charge is 0.222 e. The molecule has 1 unspecified atom stereocenters. The molecule has 170 valence electrons. The molecule has 2 aromatic carbocycles. The first-order valence-corrected chi connectivity index (χ1v) is 11.3. The van der Waals surface area contributed by atoms with Crippen molar-refractivity contribution in [3.05, 3.63) is 63.3 Å². The number of para-hydroxylation sites is 1. The minimum absolute atomic E-state index is 0.122. The fourth-order valence-electron chi connectivity index (χ4n) is 3.56. The van der Waals surface area contributed by atoms with Crippen LogP contribution in [0.2, 0.25) is 10.0 Å². The van der Waals surface area contributed by atoms with E-state index in [1.54, 1.807) is 6.07 Å². The van der Waals surface area contributed by atoms with Crippen LogP contribution in [0, 0.1) is 19.8 Å². The number of benzene rings is 2. The molecule has 0 aliphatic carbocycles. The van der Waals surface area contributed by atoms with Crippen molar-refractivity contribution in [2.75, 3.05) is 24.6 Å². The average Bonchev–Trinajstić information content (AvgIpc) is 2.73. The number of nitrogens with two attached hydrogens (primary N) is 2. The molecule has 3 rings (SSSR count). The van der Waals surface area contributed by atoms with Gasteiger partial charge in [-0.2, -0.15) is 4.98 Å². The lowest BCUT2D eigenvalue weighted by Gasteiger charge is -2.17. The van der Waals surface area contributed by atoms with E-state index in [9.17, 15) is 0 Å². The summed E-state index contributed by atoms with van der Waals surface area (Å²) < 4.78 is 6.07. The molecule has 0 saturated heterocycles. The first-order chi connectivity index (χ1) is 15.3. The summed E-state index contributed by atoms with van der Waals surface area (Å²) in [4.78, 5) is 8.49. The summed E-state index contributed by atoms with van der Waals surface area (Å²) in [5, 5.41) is 4.27. The maximum atomic E-state index is 6.41. The normalized spacial score (nSPS) is 12.0. The van der Waals surface area contributed by atoms with Crippen molar-refractivity contribution in [2.45, 2.75) is 33.7 Å². The monoisotopic (exact) mass is 473 g/mol. The van der Waals surface area contributed by atoms with Gasteiger partial charge >= 0.3 is 0 Å². The van der Waals surface area contributed by atoms with Gasteiger partial charge in [0.05, 0.1) is 22.3 Å². The number of hydrogen-bond acceptors (Lipinski definition) is 6. The Morgan fingerprint density at radius 2 is 1.72 bits per heavy atom. The topological polar surface area (TPSA) is 99.1 Å². The Labute approximate surface area is 199 Å². The van der Waals surface area contributed by atoms with Gasteiger partial charge in [0.25, 0.3) is 0 Å². The molecule has 6 nitrogen and oxygen atoms in total. The molecule has 32 heavy (non-hydrogen) atoms. The second-order valence-electron chi connectivity index (χ2n) is 7.99. The van der Waals surface area contributed by atoms with Crippen LogP contribution < -0.4 is 21.5 Å². The van der Waals surface area contributed by atoms with E-state index in [1.807, 2.05) is 18.2 Å². The molecule has 1 atom stereocenters. The predicted molar refractivity (Wildman–Crippen MR) is 133 cm³/mol. The summed E-state index contributed by atoms with van der Waals surface area (Å²) in [6.07, 6.45) is 0.939. The first-order valence-electron chi connectivity index (χ1n) is 10.5. The summed E-state index contributed by atoms with van der Waals surface area (Å²) >= 11 is 12.6. The van der Waals surface area contributed by atoms with Crippen molar-refractivity contribution in [2.24, 2.45) is 5.92 Å². The van der Waals surface area contributed by atoms with Crippen LogP contribution >= 0.6 is 23.2 Å². The third-order valence-electron chi connectivity index (χ3n) is 5.28. The van der Waals surface area contributed by atoms with Crippen molar-refractivity contribution in [3.63, 3.8) is 0 Å². The molecule has 5 N–H and O–H groups in total. The molecule has 0 spiro atoms. The van der Waals surface area contributed by atoms with E-state index in [2.05, 4.69) is 48.2 Å². The van der Waals surface area contributed by atoms with E-state index in [4.69, 9.17) is 39.4 Å². The van der Waals surface area contributed by atoms with Gasteiger partial charge in [-0.25, -0.2) is 4.98 Å². The van der Waals surface area contributed by atoms with Crippen LogP contribution in [-0.4, -0.2) is 23.1 Å². The fourth-order valence-corrected chi connectivity index (χ4v) is 3.95. The van der Waals surface area contributed by atoms with Gasteiger partial charge in [-0.15, -0.1) is 0 Å². The number of ether oxygens (including phenoxy) is 1. The molecule has 0 fully saturated rings. The van der Waals surface area contributed by atoms with Crippen molar-refractivity contribution in [1.29, 1.82) is 0 Å². The minimum Gasteiger partial charge on any atom is -0.493 e. The predicted octanol–water partition coefficient (Wildman–Crippen LogP) is 5.43. The van der Waals surface area contributed by atoms with Crippen LogP contribution in [0.4, 0.5) is 11.8 Å². The summed E-state index contributed by atoms with van der Waals surface area (Å²) in [5.41, 5.74) is 16.3. The zero-order valence-corrected chi connectivity index (χ0v) is 20.1. The Morgan fingerprint density at radius 1 is 1.03 bits per heavy atom. The lowest BCUT2D eigenvalue weighted by Crippen LogP contribution is -2.21. The van der Waals surface area contributed by atoms with Crippen LogP contribution in [0.3, 0.4) is 0 Å². The SMILES string of the molecule is Cc1cccc(C)c1OCC(C)CCNCc1nc(N)nc(N)c1-c1cccc(Cl)c1Cl. The van der Waals surface area contributed by atoms with Crippen molar-refractivity contribution < 1.29 is 4.74 Å². The summed E-state index contributed by atoms with van der Waals surface area (Å²) in [6.45, 7) is 8.22. The molecular formula is C24H29Cl2N5O. The Hall–Kier alpha value is -2.54. The summed E-state index contributed by atoms with van der Waals surface area (Å²) in [5.74, 6) is 1.75. The first kappa shape index (κ1) is 24.1. The molecule has 1 aromatic heterocycles. The van der Waals surface area contributed by atoms with Crippen molar-refractivity contribution in [3.8, 4) is 16.9 Å². The van der Waals surface area contributed by atoms with E-state index in [0.29, 0.717) is 45.9 Å². The Kier molecular flexibility index (Phi) is 8.18. The highest BCUT2D eigenvalue weighted by Gasteiger charge is 2.17.